The van der Waals surface area contributed by atoms with Gasteiger partial charge >= 0.3 is 5.97 Å². The second-order valence-corrected chi connectivity index (χ2v) is 8.11. The number of benzene rings is 2. The molecule has 7 nitrogen and oxygen atoms in total. The number of carbonyl (C=O) groups excluding carboxylic acids is 1. The van der Waals surface area contributed by atoms with Crippen molar-refractivity contribution in [2.24, 2.45) is 11.8 Å². The van der Waals surface area contributed by atoms with E-state index >= 15 is 0 Å². The summed E-state index contributed by atoms with van der Waals surface area (Å²) in [7, 11) is 7.86. The molecule has 2 aromatic rings. The molecule has 0 fully saturated rings. The number of methoxy groups -OCH3 is 5. The lowest BCUT2D eigenvalue weighted by Crippen LogP contribution is -2.19. The molecule has 0 heterocycles. The molecule has 174 valence electrons. The van der Waals surface area contributed by atoms with E-state index in [1.165, 1.54) is 14.0 Å². The van der Waals surface area contributed by atoms with Crippen LogP contribution in [-0.2, 0) is 17.6 Å². The normalized spacial score (nSPS) is 17.2. The number of rotatable bonds is 6. The Balaban J connectivity index is 2.54. The lowest BCUT2D eigenvalue weighted by atomic mass is 9.77. The average Bonchev–Trinajstić information content (AvgIpc) is 2.76. The van der Waals surface area contributed by atoms with Crippen molar-refractivity contribution < 1.29 is 33.2 Å². The number of hydrogen-bond acceptors (Lipinski definition) is 7. The highest BCUT2D eigenvalue weighted by atomic mass is 16.6. The number of hydrogen-bond donors (Lipinski definition) is 0. The van der Waals surface area contributed by atoms with Gasteiger partial charge in [0.15, 0.2) is 23.0 Å². The first-order valence-corrected chi connectivity index (χ1v) is 10.6. The van der Waals surface area contributed by atoms with Crippen LogP contribution in [0, 0.1) is 11.8 Å². The van der Waals surface area contributed by atoms with Crippen LogP contribution in [0.15, 0.2) is 12.1 Å². The molecule has 0 N–H and O–H groups in total. The second-order valence-electron chi connectivity index (χ2n) is 8.11. The van der Waals surface area contributed by atoms with Crippen LogP contribution < -0.4 is 28.4 Å². The summed E-state index contributed by atoms with van der Waals surface area (Å²) in [5.74, 6) is 3.04. The summed E-state index contributed by atoms with van der Waals surface area (Å²) in [5, 5.41) is 0. The van der Waals surface area contributed by atoms with Crippen molar-refractivity contribution in [1.82, 2.24) is 0 Å². The molecule has 0 unspecified atom stereocenters. The van der Waals surface area contributed by atoms with E-state index in [0.717, 1.165) is 35.1 Å². The Labute approximate surface area is 189 Å². The van der Waals surface area contributed by atoms with E-state index < -0.39 is 5.97 Å². The molecule has 7 heteroatoms. The fourth-order valence-corrected chi connectivity index (χ4v) is 4.43. The molecule has 3 rings (SSSR count). The molecule has 0 aliphatic heterocycles. The summed E-state index contributed by atoms with van der Waals surface area (Å²) in [4.78, 5) is 12.1. The molecule has 1 aliphatic rings. The van der Waals surface area contributed by atoms with Crippen LogP contribution in [0.25, 0.3) is 11.1 Å². The van der Waals surface area contributed by atoms with Crippen molar-refractivity contribution in [2.75, 3.05) is 35.5 Å². The van der Waals surface area contributed by atoms with Crippen LogP contribution >= 0.6 is 0 Å². The summed E-state index contributed by atoms with van der Waals surface area (Å²) in [6, 6.07) is 3.93. The van der Waals surface area contributed by atoms with Gasteiger partial charge in [0.05, 0.1) is 35.5 Å². The second kappa shape index (κ2) is 9.59. The molecule has 0 bridgehead atoms. The summed E-state index contributed by atoms with van der Waals surface area (Å²) >= 11 is 0. The first kappa shape index (κ1) is 23.6. The lowest BCUT2D eigenvalue weighted by molar-refractivity contribution is -0.131. The highest BCUT2D eigenvalue weighted by Gasteiger charge is 2.33. The topological polar surface area (TPSA) is 72.5 Å². The average molecular weight is 445 g/mol. The van der Waals surface area contributed by atoms with Gasteiger partial charge in [-0.15, -0.1) is 0 Å². The van der Waals surface area contributed by atoms with Gasteiger partial charge in [-0.1, -0.05) is 13.8 Å². The Hall–Kier alpha value is -3.09. The zero-order valence-corrected chi connectivity index (χ0v) is 20.1. The zero-order chi connectivity index (χ0) is 23.6. The van der Waals surface area contributed by atoms with E-state index in [-0.39, 0.29) is 0 Å². The Bertz CT molecular complexity index is 1010. The van der Waals surface area contributed by atoms with Crippen LogP contribution in [0.5, 0.6) is 34.5 Å². The van der Waals surface area contributed by atoms with Gasteiger partial charge in [-0.2, -0.15) is 0 Å². The molecule has 0 spiro atoms. The smallest absolute Gasteiger partial charge is 0.308 e. The van der Waals surface area contributed by atoms with Crippen molar-refractivity contribution in [3.63, 3.8) is 0 Å². The van der Waals surface area contributed by atoms with E-state index in [0.29, 0.717) is 46.3 Å². The van der Waals surface area contributed by atoms with Gasteiger partial charge in [0.25, 0.3) is 0 Å². The highest BCUT2D eigenvalue weighted by Crippen LogP contribution is 2.55. The van der Waals surface area contributed by atoms with Crippen LogP contribution in [0.3, 0.4) is 0 Å². The Kier molecular flexibility index (Phi) is 7.06. The standard InChI is InChI=1S/C25H32O7/c1-13-9-16-11-18(27-4)22(29-6)24(31-8)20(16)21-17(10-14(13)2)12-19(28-5)23(30-7)25(21)32-15(3)26/h11-14H,9-10H2,1-8H3/t13-,14-/m1/s1. The van der Waals surface area contributed by atoms with Gasteiger partial charge in [-0.25, -0.2) is 0 Å². The minimum atomic E-state index is -0.455. The summed E-state index contributed by atoms with van der Waals surface area (Å²) < 4.78 is 34.1. The first-order valence-electron chi connectivity index (χ1n) is 10.6. The van der Waals surface area contributed by atoms with Crippen LogP contribution in [0.2, 0.25) is 0 Å². The fourth-order valence-electron chi connectivity index (χ4n) is 4.43. The van der Waals surface area contributed by atoms with Crippen LogP contribution in [0.4, 0.5) is 0 Å². The van der Waals surface area contributed by atoms with E-state index in [1.54, 1.807) is 28.4 Å². The van der Waals surface area contributed by atoms with Crippen molar-refractivity contribution in [2.45, 2.75) is 33.6 Å². The van der Waals surface area contributed by atoms with Gasteiger partial charge in [0.1, 0.15) is 0 Å². The highest BCUT2D eigenvalue weighted by molar-refractivity contribution is 5.90. The van der Waals surface area contributed by atoms with Crippen molar-refractivity contribution in [3.05, 3.63) is 23.3 Å². The van der Waals surface area contributed by atoms with E-state index in [1.807, 2.05) is 12.1 Å². The lowest BCUT2D eigenvalue weighted by Gasteiger charge is -2.30. The number of ether oxygens (including phenoxy) is 6. The SMILES string of the molecule is COc1cc2c(c(OC)c1OC)-c1c(cc(OC)c(OC)c1OC(C)=O)C[C@@H](C)[C@H](C)C2. The molecule has 0 aromatic heterocycles. The molecular weight excluding hydrogens is 412 g/mol. The maximum atomic E-state index is 12.1. The molecule has 1 aliphatic carbocycles. The van der Waals surface area contributed by atoms with Gasteiger partial charge in [0.2, 0.25) is 11.5 Å². The molecule has 32 heavy (non-hydrogen) atoms. The molecule has 0 amide bonds. The summed E-state index contributed by atoms with van der Waals surface area (Å²) in [6.07, 6.45) is 1.56. The van der Waals surface area contributed by atoms with Crippen molar-refractivity contribution in [3.8, 4) is 45.6 Å². The number of carbonyl (C=O) groups is 1. The van der Waals surface area contributed by atoms with Gasteiger partial charge < -0.3 is 28.4 Å². The molecule has 2 atom stereocenters. The summed E-state index contributed by atoms with van der Waals surface area (Å²) in [6.45, 7) is 5.82. The molecule has 0 radical (unpaired) electrons. The van der Waals surface area contributed by atoms with E-state index in [2.05, 4.69) is 13.8 Å². The van der Waals surface area contributed by atoms with Gasteiger partial charge in [0, 0.05) is 18.1 Å². The van der Waals surface area contributed by atoms with Gasteiger partial charge in [-0.3, -0.25) is 4.79 Å². The molecule has 2 aromatic carbocycles. The van der Waals surface area contributed by atoms with Crippen molar-refractivity contribution in [1.29, 1.82) is 0 Å². The summed E-state index contributed by atoms with van der Waals surface area (Å²) in [5.41, 5.74) is 3.53. The van der Waals surface area contributed by atoms with Crippen molar-refractivity contribution >= 4 is 5.97 Å². The van der Waals surface area contributed by atoms with Crippen LogP contribution in [0.1, 0.15) is 31.9 Å². The Morgan fingerprint density at radius 1 is 0.688 bits per heavy atom. The quantitative estimate of drug-likeness (QED) is 0.473. The van der Waals surface area contributed by atoms with Crippen LogP contribution in [-0.4, -0.2) is 41.5 Å². The first-order chi connectivity index (χ1) is 15.3. The zero-order valence-electron chi connectivity index (χ0n) is 20.1. The molecule has 0 saturated carbocycles. The Morgan fingerprint density at radius 2 is 1.09 bits per heavy atom. The third-order valence-electron chi connectivity index (χ3n) is 6.17. The fraction of sp³-hybridized carbons (Fsp3) is 0.480. The number of fused-ring (bicyclic) bond motifs is 3. The maximum absolute atomic E-state index is 12.1. The minimum Gasteiger partial charge on any atom is -0.493 e. The van der Waals surface area contributed by atoms with E-state index in [9.17, 15) is 4.79 Å². The molecule has 0 saturated heterocycles. The molecular formula is C25H32O7. The monoisotopic (exact) mass is 444 g/mol. The largest absolute Gasteiger partial charge is 0.493 e. The van der Waals surface area contributed by atoms with E-state index in [4.69, 9.17) is 28.4 Å². The predicted molar refractivity (Wildman–Crippen MR) is 122 cm³/mol. The van der Waals surface area contributed by atoms with Gasteiger partial charge in [-0.05, 0) is 47.9 Å². The Morgan fingerprint density at radius 3 is 1.47 bits per heavy atom. The number of esters is 1. The predicted octanol–water partition coefficient (Wildman–Crippen LogP) is 4.69. The minimum absolute atomic E-state index is 0.308. The third kappa shape index (κ3) is 4.04. The maximum Gasteiger partial charge on any atom is 0.308 e. The third-order valence-corrected chi connectivity index (χ3v) is 6.17.